The number of carbonyl (C=O) groups is 1. The number of nitrogens with zero attached hydrogens (tertiary/aromatic N) is 2. The van der Waals surface area contributed by atoms with E-state index >= 15 is 0 Å². The fourth-order valence-electron chi connectivity index (χ4n) is 4.60. The zero-order valence-electron chi connectivity index (χ0n) is 20.0. The lowest BCUT2D eigenvalue weighted by Crippen LogP contribution is -2.58. The summed E-state index contributed by atoms with van der Waals surface area (Å²) in [6, 6.07) is 3.88. The van der Waals surface area contributed by atoms with Gasteiger partial charge in [0.2, 0.25) is 5.91 Å². The number of aliphatic hydroxyl groups excluding tert-OH is 1. The van der Waals surface area contributed by atoms with Crippen molar-refractivity contribution in [1.29, 1.82) is 0 Å². The van der Waals surface area contributed by atoms with E-state index in [4.69, 9.17) is 21.1 Å². The van der Waals surface area contributed by atoms with Crippen molar-refractivity contribution in [1.82, 2.24) is 9.80 Å². The molecular formula is C25H39ClN2O4. The van der Waals surface area contributed by atoms with Crippen molar-refractivity contribution in [3.05, 3.63) is 28.3 Å². The van der Waals surface area contributed by atoms with E-state index in [0.29, 0.717) is 51.6 Å². The first-order chi connectivity index (χ1) is 15.2. The summed E-state index contributed by atoms with van der Waals surface area (Å²) in [5.74, 6) is 1.42. The highest BCUT2D eigenvalue weighted by Crippen LogP contribution is 2.30. The van der Waals surface area contributed by atoms with Crippen LogP contribution >= 0.6 is 11.6 Å². The highest BCUT2D eigenvalue weighted by atomic mass is 35.5. The number of hydrogen-bond donors (Lipinski definition) is 1. The van der Waals surface area contributed by atoms with Crippen LogP contribution < -0.4 is 4.74 Å². The molecule has 2 aliphatic heterocycles. The Balaban J connectivity index is 1.75. The van der Waals surface area contributed by atoms with Crippen LogP contribution in [-0.2, 0) is 9.53 Å². The van der Waals surface area contributed by atoms with Gasteiger partial charge in [0.25, 0.3) is 0 Å². The topological polar surface area (TPSA) is 62.2 Å². The van der Waals surface area contributed by atoms with Gasteiger partial charge in [0.05, 0.1) is 19.1 Å². The van der Waals surface area contributed by atoms with Crippen molar-refractivity contribution in [2.45, 2.75) is 65.1 Å². The minimum Gasteiger partial charge on any atom is -0.490 e. The first-order valence-electron chi connectivity index (χ1n) is 11.9. The van der Waals surface area contributed by atoms with E-state index in [1.807, 2.05) is 30.9 Å². The molecule has 1 aromatic rings. The number of hydrogen-bond acceptors (Lipinski definition) is 5. The quantitative estimate of drug-likeness (QED) is 0.631. The maximum absolute atomic E-state index is 13.2. The van der Waals surface area contributed by atoms with Crippen molar-refractivity contribution in [2.75, 3.05) is 45.9 Å². The fourth-order valence-corrected chi connectivity index (χ4v) is 4.71. The molecule has 0 unspecified atom stereocenters. The number of morpholine rings is 1. The molecule has 2 saturated heterocycles. The minimum absolute atomic E-state index is 0.0781. The number of ether oxygens (including phenoxy) is 2. The van der Waals surface area contributed by atoms with Crippen molar-refractivity contribution in [3.63, 3.8) is 0 Å². The first-order valence-corrected chi connectivity index (χ1v) is 12.3. The monoisotopic (exact) mass is 466 g/mol. The van der Waals surface area contributed by atoms with E-state index in [0.717, 1.165) is 41.4 Å². The van der Waals surface area contributed by atoms with Gasteiger partial charge in [-0.15, -0.1) is 0 Å². The Morgan fingerprint density at radius 1 is 1.28 bits per heavy atom. The molecule has 2 atom stereocenters. The fraction of sp³-hybridized carbons (Fsp3) is 0.720. The van der Waals surface area contributed by atoms with Crippen LogP contribution in [0.1, 0.15) is 50.7 Å². The molecule has 3 rings (SSSR count). The van der Waals surface area contributed by atoms with Crippen LogP contribution in [0, 0.1) is 19.8 Å². The molecule has 7 heteroatoms. The molecule has 0 aliphatic carbocycles. The molecule has 0 bridgehead atoms. The number of likely N-dealkylation sites (tertiary alicyclic amines) is 1. The zero-order chi connectivity index (χ0) is 23.3. The van der Waals surface area contributed by atoms with E-state index in [1.54, 1.807) is 0 Å². The van der Waals surface area contributed by atoms with Crippen molar-refractivity contribution < 1.29 is 19.4 Å². The van der Waals surface area contributed by atoms with Gasteiger partial charge in [-0.3, -0.25) is 9.69 Å². The largest absolute Gasteiger partial charge is 0.490 e. The van der Waals surface area contributed by atoms with Crippen LogP contribution in [0.2, 0.25) is 5.02 Å². The number of halogens is 1. The molecule has 1 N–H and O–H groups in total. The van der Waals surface area contributed by atoms with Crippen LogP contribution in [0.25, 0.3) is 0 Å². The second-order valence-electron chi connectivity index (χ2n) is 9.73. The lowest BCUT2D eigenvalue weighted by molar-refractivity contribution is -0.158. The Morgan fingerprint density at radius 2 is 1.94 bits per heavy atom. The number of piperidine rings is 1. The second-order valence-corrected chi connectivity index (χ2v) is 10.1. The summed E-state index contributed by atoms with van der Waals surface area (Å²) >= 11 is 6.32. The van der Waals surface area contributed by atoms with E-state index < -0.39 is 5.60 Å². The molecule has 2 heterocycles. The molecular weight excluding hydrogens is 428 g/mol. The third kappa shape index (κ3) is 6.60. The Labute approximate surface area is 197 Å². The Morgan fingerprint density at radius 3 is 2.56 bits per heavy atom. The summed E-state index contributed by atoms with van der Waals surface area (Å²) in [7, 11) is 0. The molecule has 32 heavy (non-hydrogen) atoms. The molecule has 0 radical (unpaired) electrons. The summed E-state index contributed by atoms with van der Waals surface area (Å²) in [6.45, 7) is 13.0. The Kier molecular flexibility index (Phi) is 8.84. The summed E-state index contributed by atoms with van der Waals surface area (Å²) < 4.78 is 12.5. The summed E-state index contributed by atoms with van der Waals surface area (Å²) in [5, 5.41) is 10.6. The highest BCUT2D eigenvalue weighted by molar-refractivity contribution is 6.32. The molecule has 1 aromatic carbocycles. The molecule has 0 saturated carbocycles. The van der Waals surface area contributed by atoms with E-state index in [9.17, 15) is 9.90 Å². The third-order valence-electron chi connectivity index (χ3n) is 6.80. The molecule has 1 amide bonds. The minimum atomic E-state index is -0.694. The lowest BCUT2D eigenvalue weighted by Gasteiger charge is -2.44. The van der Waals surface area contributed by atoms with Crippen LogP contribution in [0.4, 0.5) is 0 Å². The molecule has 0 spiro atoms. The highest BCUT2D eigenvalue weighted by Gasteiger charge is 2.41. The number of aliphatic hydroxyl groups is 1. The number of amides is 1. The summed E-state index contributed by atoms with van der Waals surface area (Å²) in [4.78, 5) is 17.5. The van der Waals surface area contributed by atoms with Gasteiger partial charge in [0.15, 0.2) is 0 Å². The maximum atomic E-state index is 13.2. The normalized spacial score (nSPS) is 23.9. The molecule has 6 nitrogen and oxygen atoms in total. The number of carbonyl (C=O) groups excluding carboxylic acids is 1. The van der Waals surface area contributed by atoms with Gasteiger partial charge in [0.1, 0.15) is 18.0 Å². The van der Waals surface area contributed by atoms with Crippen molar-refractivity contribution in [2.24, 2.45) is 5.92 Å². The lowest BCUT2D eigenvalue weighted by atomic mass is 9.95. The summed E-state index contributed by atoms with van der Waals surface area (Å²) in [6.07, 6.45) is 2.38. The second kappa shape index (κ2) is 11.2. The van der Waals surface area contributed by atoms with Gasteiger partial charge < -0.3 is 19.5 Å². The van der Waals surface area contributed by atoms with Gasteiger partial charge in [-0.05, 0) is 55.9 Å². The molecule has 2 aliphatic rings. The number of rotatable bonds is 8. The standard InChI is InChI=1S/C25H39ClN2O4/c1-5-18(2)15-27-10-11-32-25(16-27,14-23(30)28-8-6-21(29)7-9-28)17-31-22-12-19(3)24(26)20(4)13-22/h12-13,18,21,29H,5-11,14-17H2,1-4H3/t18-,25-/m1/s1. The van der Waals surface area contributed by atoms with Gasteiger partial charge in [0, 0.05) is 37.7 Å². The Hall–Kier alpha value is -1.34. The van der Waals surface area contributed by atoms with Gasteiger partial charge in [-0.1, -0.05) is 31.9 Å². The average Bonchev–Trinajstić information content (AvgIpc) is 2.76. The maximum Gasteiger partial charge on any atom is 0.225 e. The number of benzene rings is 1. The molecule has 0 aromatic heterocycles. The average molecular weight is 467 g/mol. The van der Waals surface area contributed by atoms with Crippen LogP contribution in [0.5, 0.6) is 5.75 Å². The number of aryl methyl sites for hydroxylation is 2. The predicted octanol–water partition coefficient (Wildman–Crippen LogP) is 3.83. The van der Waals surface area contributed by atoms with Crippen molar-refractivity contribution >= 4 is 17.5 Å². The van der Waals surface area contributed by atoms with E-state index in [-0.39, 0.29) is 18.4 Å². The van der Waals surface area contributed by atoms with Gasteiger partial charge in [-0.2, -0.15) is 0 Å². The Bertz CT molecular complexity index is 758. The van der Waals surface area contributed by atoms with E-state index in [2.05, 4.69) is 18.7 Å². The van der Waals surface area contributed by atoms with Crippen LogP contribution in [0.15, 0.2) is 12.1 Å². The smallest absolute Gasteiger partial charge is 0.225 e. The SMILES string of the molecule is CC[C@@H](C)CN1CCO[C@](COc2cc(C)c(Cl)c(C)c2)(CC(=O)N2CCC(O)CC2)C1. The molecule has 2 fully saturated rings. The van der Waals surface area contributed by atoms with Gasteiger partial charge >= 0.3 is 0 Å². The predicted molar refractivity (Wildman–Crippen MR) is 127 cm³/mol. The van der Waals surface area contributed by atoms with Crippen LogP contribution in [-0.4, -0.2) is 78.5 Å². The van der Waals surface area contributed by atoms with E-state index in [1.165, 1.54) is 0 Å². The van der Waals surface area contributed by atoms with Crippen LogP contribution in [0.3, 0.4) is 0 Å². The zero-order valence-corrected chi connectivity index (χ0v) is 20.8. The molecule has 180 valence electrons. The summed E-state index contributed by atoms with van der Waals surface area (Å²) in [5.41, 5.74) is 1.25. The first kappa shape index (κ1) is 25.3. The third-order valence-corrected chi connectivity index (χ3v) is 7.39. The van der Waals surface area contributed by atoms with Crippen molar-refractivity contribution in [3.8, 4) is 5.75 Å². The van der Waals surface area contributed by atoms with Gasteiger partial charge in [-0.25, -0.2) is 0 Å².